The molecule has 5 aromatic rings. The van der Waals surface area contributed by atoms with Gasteiger partial charge in [0.25, 0.3) is 0 Å². The maximum atomic E-state index is 5.92. The van der Waals surface area contributed by atoms with Gasteiger partial charge in [-0.15, -0.1) is 0 Å². The standard InChI is InChI=1S/C25H23N3O2/c1-17-7-5-8-20-23-25(27-22-10-4-3-9-21(22)26-23)28(24(17)20)15-6-16-30-19-13-11-18(29-2)12-14-19/h3-5,7-14H,6,15-16H2,1-2H3. The number of hydrogen-bond acceptors (Lipinski definition) is 4. The van der Waals surface area contributed by atoms with E-state index in [2.05, 4.69) is 29.7 Å². The van der Waals surface area contributed by atoms with E-state index in [1.165, 1.54) is 11.1 Å². The Morgan fingerprint density at radius 2 is 1.57 bits per heavy atom. The van der Waals surface area contributed by atoms with E-state index in [9.17, 15) is 0 Å². The Kier molecular flexibility index (Phi) is 4.71. The molecule has 5 rings (SSSR count). The Hall–Kier alpha value is -3.60. The molecule has 3 aromatic carbocycles. The van der Waals surface area contributed by atoms with Crippen molar-refractivity contribution in [1.29, 1.82) is 0 Å². The fraction of sp³-hybridized carbons (Fsp3) is 0.200. The summed E-state index contributed by atoms with van der Waals surface area (Å²) < 4.78 is 13.4. The van der Waals surface area contributed by atoms with Crippen LogP contribution in [0.3, 0.4) is 0 Å². The van der Waals surface area contributed by atoms with Crippen molar-refractivity contribution in [3.05, 3.63) is 72.3 Å². The normalized spacial score (nSPS) is 11.4. The number of para-hydroxylation sites is 3. The van der Waals surface area contributed by atoms with Crippen LogP contribution in [-0.4, -0.2) is 28.3 Å². The van der Waals surface area contributed by atoms with E-state index < -0.39 is 0 Å². The van der Waals surface area contributed by atoms with Gasteiger partial charge in [-0.3, -0.25) is 0 Å². The van der Waals surface area contributed by atoms with E-state index >= 15 is 0 Å². The summed E-state index contributed by atoms with van der Waals surface area (Å²) in [5.41, 5.74) is 6.17. The van der Waals surface area contributed by atoms with E-state index in [1.54, 1.807) is 7.11 Å². The molecule has 0 radical (unpaired) electrons. The quantitative estimate of drug-likeness (QED) is 0.354. The number of nitrogens with zero attached hydrogens (tertiary/aromatic N) is 3. The Labute approximate surface area is 174 Å². The van der Waals surface area contributed by atoms with Crippen molar-refractivity contribution in [3.8, 4) is 11.5 Å². The molecular formula is C25H23N3O2. The number of aryl methyl sites for hydroxylation is 2. The molecule has 0 spiro atoms. The highest BCUT2D eigenvalue weighted by molar-refractivity contribution is 6.07. The number of benzene rings is 3. The minimum atomic E-state index is 0.625. The predicted octanol–water partition coefficient (Wildman–Crippen LogP) is 5.52. The van der Waals surface area contributed by atoms with Crippen molar-refractivity contribution >= 4 is 33.1 Å². The highest BCUT2D eigenvalue weighted by Crippen LogP contribution is 2.30. The zero-order valence-electron chi connectivity index (χ0n) is 17.1. The molecule has 150 valence electrons. The first kappa shape index (κ1) is 18.4. The molecule has 0 saturated carbocycles. The van der Waals surface area contributed by atoms with Crippen LogP contribution in [0.25, 0.3) is 33.1 Å². The average Bonchev–Trinajstić information content (AvgIpc) is 3.09. The zero-order valence-corrected chi connectivity index (χ0v) is 17.1. The summed E-state index contributed by atoms with van der Waals surface area (Å²) in [5.74, 6) is 1.67. The minimum absolute atomic E-state index is 0.625. The molecular weight excluding hydrogens is 374 g/mol. The van der Waals surface area contributed by atoms with Crippen LogP contribution < -0.4 is 9.47 Å². The van der Waals surface area contributed by atoms with Crippen LogP contribution >= 0.6 is 0 Å². The molecule has 0 amide bonds. The highest BCUT2D eigenvalue weighted by Gasteiger charge is 2.15. The van der Waals surface area contributed by atoms with Crippen LogP contribution in [0.5, 0.6) is 11.5 Å². The van der Waals surface area contributed by atoms with Crippen molar-refractivity contribution in [3.63, 3.8) is 0 Å². The molecule has 0 unspecified atom stereocenters. The third kappa shape index (κ3) is 3.22. The van der Waals surface area contributed by atoms with Gasteiger partial charge in [0, 0.05) is 11.9 Å². The molecule has 0 aliphatic carbocycles. The molecule has 0 saturated heterocycles. The molecule has 0 N–H and O–H groups in total. The minimum Gasteiger partial charge on any atom is -0.497 e. The smallest absolute Gasteiger partial charge is 0.160 e. The number of hydrogen-bond donors (Lipinski definition) is 0. The van der Waals surface area contributed by atoms with Gasteiger partial charge < -0.3 is 14.0 Å². The molecule has 0 fully saturated rings. The number of aromatic nitrogens is 3. The van der Waals surface area contributed by atoms with Crippen LogP contribution in [0, 0.1) is 6.92 Å². The third-order valence-corrected chi connectivity index (χ3v) is 5.42. The summed E-state index contributed by atoms with van der Waals surface area (Å²) in [6, 6.07) is 22.1. The summed E-state index contributed by atoms with van der Waals surface area (Å²) >= 11 is 0. The van der Waals surface area contributed by atoms with Gasteiger partial charge in [0.1, 0.15) is 17.0 Å². The fourth-order valence-electron chi connectivity index (χ4n) is 3.98. The molecule has 0 aliphatic rings. The van der Waals surface area contributed by atoms with Gasteiger partial charge in [-0.25, -0.2) is 9.97 Å². The SMILES string of the molecule is COc1ccc(OCCCn2c3nc4ccccc4nc3c3cccc(C)c32)cc1. The maximum absolute atomic E-state index is 5.92. The van der Waals surface area contributed by atoms with Gasteiger partial charge in [0.05, 0.1) is 30.3 Å². The average molecular weight is 397 g/mol. The Balaban J connectivity index is 1.46. The first-order chi connectivity index (χ1) is 14.7. The van der Waals surface area contributed by atoms with Crippen LogP contribution in [-0.2, 0) is 6.54 Å². The monoisotopic (exact) mass is 397 g/mol. The Morgan fingerprint density at radius 1 is 0.833 bits per heavy atom. The fourth-order valence-corrected chi connectivity index (χ4v) is 3.98. The second kappa shape index (κ2) is 7.67. The summed E-state index contributed by atoms with van der Waals surface area (Å²) in [7, 11) is 1.66. The third-order valence-electron chi connectivity index (χ3n) is 5.42. The predicted molar refractivity (Wildman–Crippen MR) is 120 cm³/mol. The largest absolute Gasteiger partial charge is 0.497 e. The van der Waals surface area contributed by atoms with Gasteiger partial charge in [0.15, 0.2) is 5.65 Å². The van der Waals surface area contributed by atoms with Crippen molar-refractivity contribution in [2.24, 2.45) is 0 Å². The summed E-state index contributed by atoms with van der Waals surface area (Å²) in [6.45, 7) is 3.58. The molecule has 2 aromatic heterocycles. The summed E-state index contributed by atoms with van der Waals surface area (Å²) in [5, 5.41) is 1.15. The van der Waals surface area contributed by atoms with E-state index in [0.717, 1.165) is 52.0 Å². The molecule has 30 heavy (non-hydrogen) atoms. The highest BCUT2D eigenvalue weighted by atomic mass is 16.5. The zero-order chi connectivity index (χ0) is 20.5. The molecule has 0 bridgehead atoms. The molecule has 5 nitrogen and oxygen atoms in total. The Morgan fingerprint density at radius 3 is 2.33 bits per heavy atom. The van der Waals surface area contributed by atoms with Crippen LogP contribution in [0.2, 0.25) is 0 Å². The molecule has 0 atom stereocenters. The second-order valence-electron chi connectivity index (χ2n) is 7.38. The van der Waals surface area contributed by atoms with Gasteiger partial charge in [-0.2, -0.15) is 0 Å². The van der Waals surface area contributed by atoms with Gasteiger partial charge in [-0.1, -0.05) is 30.3 Å². The first-order valence-electron chi connectivity index (χ1n) is 10.2. The van der Waals surface area contributed by atoms with Crippen LogP contribution in [0.1, 0.15) is 12.0 Å². The van der Waals surface area contributed by atoms with E-state index in [0.29, 0.717) is 6.61 Å². The molecule has 5 heteroatoms. The lowest BCUT2D eigenvalue weighted by Gasteiger charge is -2.10. The summed E-state index contributed by atoms with van der Waals surface area (Å²) in [4.78, 5) is 9.89. The van der Waals surface area contributed by atoms with Crippen molar-refractivity contribution < 1.29 is 9.47 Å². The van der Waals surface area contributed by atoms with Crippen molar-refractivity contribution in [2.45, 2.75) is 19.9 Å². The van der Waals surface area contributed by atoms with Crippen molar-refractivity contribution in [2.75, 3.05) is 13.7 Å². The lowest BCUT2D eigenvalue weighted by molar-refractivity contribution is 0.302. The number of rotatable bonds is 6. The maximum Gasteiger partial charge on any atom is 0.160 e. The Bertz CT molecular complexity index is 1340. The topological polar surface area (TPSA) is 49.2 Å². The van der Waals surface area contributed by atoms with Gasteiger partial charge in [-0.05, 0) is 55.3 Å². The van der Waals surface area contributed by atoms with Crippen molar-refractivity contribution in [1.82, 2.24) is 14.5 Å². The van der Waals surface area contributed by atoms with Crippen LogP contribution in [0.15, 0.2) is 66.7 Å². The van der Waals surface area contributed by atoms with Gasteiger partial charge in [0.2, 0.25) is 0 Å². The number of ether oxygens (including phenoxy) is 2. The van der Waals surface area contributed by atoms with Crippen LogP contribution in [0.4, 0.5) is 0 Å². The lowest BCUT2D eigenvalue weighted by Crippen LogP contribution is -2.06. The van der Waals surface area contributed by atoms with E-state index in [-0.39, 0.29) is 0 Å². The lowest BCUT2D eigenvalue weighted by atomic mass is 10.1. The number of fused-ring (bicyclic) bond motifs is 4. The second-order valence-corrected chi connectivity index (χ2v) is 7.38. The first-order valence-corrected chi connectivity index (χ1v) is 10.2. The summed E-state index contributed by atoms with van der Waals surface area (Å²) in [6.07, 6.45) is 0.869. The number of methoxy groups -OCH3 is 1. The van der Waals surface area contributed by atoms with E-state index in [4.69, 9.17) is 19.4 Å². The van der Waals surface area contributed by atoms with E-state index in [1.807, 2.05) is 48.5 Å². The molecule has 2 heterocycles. The van der Waals surface area contributed by atoms with Gasteiger partial charge >= 0.3 is 0 Å². The molecule has 0 aliphatic heterocycles.